The quantitative estimate of drug-likeness (QED) is 0.698. The Balaban J connectivity index is 2.13. The van der Waals surface area contributed by atoms with Crippen LogP contribution in [0.5, 0.6) is 0 Å². The van der Waals surface area contributed by atoms with Gasteiger partial charge in [-0.2, -0.15) is 0 Å². The molecule has 0 saturated carbocycles. The molecule has 3 aromatic rings. The van der Waals surface area contributed by atoms with Gasteiger partial charge in [0.25, 0.3) is 5.89 Å². The van der Waals surface area contributed by atoms with Crippen molar-refractivity contribution >= 4 is 11.3 Å². The normalized spacial score (nSPS) is 11.1. The van der Waals surface area contributed by atoms with E-state index >= 15 is 0 Å². The number of hydrogen-bond acceptors (Lipinski definition) is 4. The van der Waals surface area contributed by atoms with Crippen molar-refractivity contribution in [3.63, 3.8) is 0 Å². The number of hydrogen-bond donors (Lipinski definition) is 0. The Morgan fingerprint density at radius 1 is 1.16 bits per heavy atom. The molecular weight excluding hydrogens is 256 g/mol. The summed E-state index contributed by atoms with van der Waals surface area (Å²) in [6, 6.07) is 10.2. The van der Waals surface area contributed by atoms with Crippen LogP contribution in [0.1, 0.15) is 24.6 Å². The van der Waals surface area contributed by atoms with Gasteiger partial charge >= 0.3 is 0 Å². The SMILES string of the molecule is CC(C)c1sc(-c2ncco2)nc1-c1ccccc1. The van der Waals surface area contributed by atoms with Crippen LogP contribution in [-0.2, 0) is 0 Å². The topological polar surface area (TPSA) is 38.9 Å². The second-order valence-corrected chi connectivity index (χ2v) is 5.62. The molecule has 0 aliphatic heterocycles. The van der Waals surface area contributed by atoms with Gasteiger partial charge in [-0.1, -0.05) is 44.2 Å². The van der Waals surface area contributed by atoms with Crippen molar-refractivity contribution in [1.82, 2.24) is 9.97 Å². The number of benzene rings is 1. The van der Waals surface area contributed by atoms with E-state index in [0.29, 0.717) is 11.8 Å². The molecular formula is C15H14N2OS. The van der Waals surface area contributed by atoms with Gasteiger partial charge in [-0.25, -0.2) is 9.97 Å². The van der Waals surface area contributed by atoms with E-state index in [2.05, 4.69) is 31.0 Å². The molecule has 2 heterocycles. The maximum atomic E-state index is 5.34. The van der Waals surface area contributed by atoms with Crippen molar-refractivity contribution in [3.05, 3.63) is 47.7 Å². The lowest BCUT2D eigenvalue weighted by Crippen LogP contribution is -1.87. The van der Waals surface area contributed by atoms with E-state index in [4.69, 9.17) is 9.40 Å². The van der Waals surface area contributed by atoms with E-state index < -0.39 is 0 Å². The molecule has 0 aliphatic carbocycles. The highest BCUT2D eigenvalue weighted by atomic mass is 32.1. The van der Waals surface area contributed by atoms with Crippen LogP contribution >= 0.6 is 11.3 Å². The molecule has 96 valence electrons. The molecule has 0 spiro atoms. The fourth-order valence-corrected chi connectivity index (χ4v) is 2.98. The smallest absolute Gasteiger partial charge is 0.255 e. The number of thiazole rings is 1. The molecule has 0 amide bonds. The van der Waals surface area contributed by atoms with E-state index in [-0.39, 0.29) is 0 Å². The van der Waals surface area contributed by atoms with Crippen LogP contribution in [0.25, 0.3) is 22.2 Å². The number of nitrogens with zero attached hydrogens (tertiary/aromatic N) is 2. The van der Waals surface area contributed by atoms with Crippen molar-refractivity contribution in [2.24, 2.45) is 0 Å². The third kappa shape index (κ3) is 2.31. The predicted molar refractivity (Wildman–Crippen MR) is 77.1 cm³/mol. The van der Waals surface area contributed by atoms with Gasteiger partial charge in [0.15, 0.2) is 5.01 Å². The molecule has 0 fully saturated rings. The van der Waals surface area contributed by atoms with Gasteiger partial charge in [0.2, 0.25) is 0 Å². The monoisotopic (exact) mass is 270 g/mol. The van der Waals surface area contributed by atoms with E-state index in [1.54, 1.807) is 23.8 Å². The number of rotatable bonds is 3. The zero-order valence-electron chi connectivity index (χ0n) is 10.8. The van der Waals surface area contributed by atoms with E-state index in [9.17, 15) is 0 Å². The van der Waals surface area contributed by atoms with Gasteiger partial charge < -0.3 is 4.42 Å². The summed E-state index contributed by atoms with van der Waals surface area (Å²) in [6.45, 7) is 4.36. The van der Waals surface area contributed by atoms with Gasteiger partial charge in [-0.15, -0.1) is 11.3 Å². The standard InChI is InChI=1S/C15H14N2OS/c1-10(2)13-12(11-6-4-3-5-7-11)17-15(19-13)14-16-8-9-18-14/h3-10H,1-2H3. The third-order valence-corrected chi connectivity index (χ3v) is 4.18. The number of aromatic nitrogens is 2. The summed E-state index contributed by atoms with van der Waals surface area (Å²) in [5.41, 5.74) is 2.18. The van der Waals surface area contributed by atoms with Gasteiger partial charge in [0, 0.05) is 10.4 Å². The van der Waals surface area contributed by atoms with Gasteiger partial charge in [-0.3, -0.25) is 0 Å². The van der Waals surface area contributed by atoms with Gasteiger partial charge in [0.1, 0.15) is 6.26 Å². The first kappa shape index (κ1) is 12.1. The Morgan fingerprint density at radius 2 is 1.95 bits per heavy atom. The Hall–Kier alpha value is -1.94. The van der Waals surface area contributed by atoms with E-state index in [1.807, 2.05) is 18.2 Å². The minimum Gasteiger partial charge on any atom is -0.443 e. The molecule has 0 aliphatic rings. The summed E-state index contributed by atoms with van der Waals surface area (Å²) in [4.78, 5) is 10.1. The molecule has 2 aromatic heterocycles. The summed E-state index contributed by atoms with van der Waals surface area (Å²) in [5, 5.41) is 0.840. The average Bonchev–Trinajstić information content (AvgIpc) is 3.08. The summed E-state index contributed by atoms with van der Waals surface area (Å²) < 4.78 is 5.34. The third-order valence-electron chi connectivity index (χ3n) is 2.84. The summed E-state index contributed by atoms with van der Waals surface area (Å²) in [7, 11) is 0. The fourth-order valence-electron chi connectivity index (χ4n) is 1.95. The lowest BCUT2D eigenvalue weighted by molar-refractivity contribution is 0.574. The molecule has 3 nitrogen and oxygen atoms in total. The van der Waals surface area contributed by atoms with Crippen molar-refractivity contribution in [2.75, 3.05) is 0 Å². The van der Waals surface area contributed by atoms with Crippen molar-refractivity contribution < 1.29 is 4.42 Å². The first-order chi connectivity index (χ1) is 9.25. The van der Waals surface area contributed by atoms with Crippen molar-refractivity contribution in [3.8, 4) is 22.2 Å². The molecule has 0 saturated heterocycles. The van der Waals surface area contributed by atoms with Crippen molar-refractivity contribution in [2.45, 2.75) is 19.8 Å². The zero-order valence-corrected chi connectivity index (χ0v) is 11.6. The van der Waals surface area contributed by atoms with Crippen LogP contribution < -0.4 is 0 Å². The Bertz CT molecular complexity index is 657. The van der Waals surface area contributed by atoms with E-state index in [0.717, 1.165) is 16.3 Å². The molecule has 1 aromatic carbocycles. The molecule has 3 rings (SSSR count). The molecule has 0 bridgehead atoms. The van der Waals surface area contributed by atoms with E-state index in [1.165, 1.54) is 4.88 Å². The lowest BCUT2D eigenvalue weighted by atomic mass is 10.1. The summed E-state index contributed by atoms with van der Waals surface area (Å²) in [6.07, 6.45) is 3.22. The zero-order chi connectivity index (χ0) is 13.2. The van der Waals surface area contributed by atoms with Gasteiger partial charge in [0.05, 0.1) is 11.9 Å². The molecule has 19 heavy (non-hydrogen) atoms. The molecule has 0 unspecified atom stereocenters. The average molecular weight is 270 g/mol. The molecule has 0 atom stereocenters. The second kappa shape index (κ2) is 4.97. The number of oxazole rings is 1. The summed E-state index contributed by atoms with van der Waals surface area (Å²) in [5.74, 6) is 1.02. The summed E-state index contributed by atoms with van der Waals surface area (Å²) >= 11 is 1.65. The molecule has 4 heteroatoms. The Kier molecular flexibility index (Phi) is 3.17. The van der Waals surface area contributed by atoms with Crippen LogP contribution in [0.15, 0.2) is 47.2 Å². The Labute approximate surface area is 116 Å². The van der Waals surface area contributed by atoms with Crippen molar-refractivity contribution in [1.29, 1.82) is 0 Å². The second-order valence-electron chi connectivity index (χ2n) is 4.59. The first-order valence-electron chi connectivity index (χ1n) is 6.21. The van der Waals surface area contributed by atoms with Gasteiger partial charge in [-0.05, 0) is 5.92 Å². The highest BCUT2D eigenvalue weighted by Crippen LogP contribution is 2.37. The molecule has 0 radical (unpaired) electrons. The first-order valence-corrected chi connectivity index (χ1v) is 7.03. The largest absolute Gasteiger partial charge is 0.443 e. The van der Waals surface area contributed by atoms with Crippen LogP contribution in [0.3, 0.4) is 0 Å². The fraction of sp³-hybridized carbons (Fsp3) is 0.200. The maximum Gasteiger partial charge on any atom is 0.255 e. The van der Waals surface area contributed by atoms with Crippen LogP contribution in [0.2, 0.25) is 0 Å². The highest BCUT2D eigenvalue weighted by molar-refractivity contribution is 7.15. The molecule has 0 N–H and O–H groups in total. The lowest BCUT2D eigenvalue weighted by Gasteiger charge is -2.04. The Morgan fingerprint density at radius 3 is 2.58 bits per heavy atom. The predicted octanol–water partition coefficient (Wildman–Crippen LogP) is 4.59. The minimum absolute atomic E-state index is 0.427. The van der Waals surface area contributed by atoms with Crippen LogP contribution in [0, 0.1) is 0 Å². The van der Waals surface area contributed by atoms with Crippen LogP contribution in [-0.4, -0.2) is 9.97 Å². The van der Waals surface area contributed by atoms with Crippen LogP contribution in [0.4, 0.5) is 0 Å². The minimum atomic E-state index is 0.427. The highest BCUT2D eigenvalue weighted by Gasteiger charge is 2.18. The maximum absolute atomic E-state index is 5.34.